The Morgan fingerprint density at radius 1 is 1.54 bits per heavy atom. The Bertz CT molecular complexity index is 347. The molecule has 0 N–H and O–H groups in total. The summed E-state index contributed by atoms with van der Waals surface area (Å²) in [7, 11) is 0. The molecule has 0 aliphatic rings. The minimum absolute atomic E-state index is 0.0603. The Kier molecular flexibility index (Phi) is 3.04. The summed E-state index contributed by atoms with van der Waals surface area (Å²) in [6, 6.07) is 2.97. The van der Waals surface area contributed by atoms with Gasteiger partial charge in [0.05, 0.1) is 5.02 Å². The zero-order valence-corrected chi connectivity index (χ0v) is 8.28. The summed E-state index contributed by atoms with van der Waals surface area (Å²) >= 11 is 5.55. The first kappa shape index (κ1) is 10.2. The quantitative estimate of drug-likeness (QED) is 0.669. The number of carbonyl (C=O) groups excluding carboxylic acids is 1. The number of ketones is 1. The van der Waals surface area contributed by atoms with Crippen molar-refractivity contribution in [2.45, 2.75) is 20.3 Å². The van der Waals surface area contributed by atoms with E-state index in [1.807, 2.05) is 0 Å². The number of hydrogen-bond donors (Lipinski definition) is 0. The van der Waals surface area contributed by atoms with Gasteiger partial charge in [-0.15, -0.1) is 0 Å². The summed E-state index contributed by atoms with van der Waals surface area (Å²) in [5.41, 5.74) is 0.753. The van der Waals surface area contributed by atoms with Gasteiger partial charge in [0.1, 0.15) is 5.82 Å². The summed E-state index contributed by atoms with van der Waals surface area (Å²) in [5.74, 6) is -0.561. The van der Waals surface area contributed by atoms with E-state index in [0.717, 1.165) is 0 Å². The van der Waals surface area contributed by atoms with Crippen molar-refractivity contribution in [2.75, 3.05) is 0 Å². The van der Waals surface area contributed by atoms with E-state index in [1.165, 1.54) is 6.07 Å². The molecule has 70 valence electrons. The van der Waals surface area contributed by atoms with Gasteiger partial charge in [0, 0.05) is 12.0 Å². The molecule has 1 aromatic carbocycles. The van der Waals surface area contributed by atoms with E-state index in [-0.39, 0.29) is 10.8 Å². The number of halogens is 2. The molecule has 3 heteroatoms. The normalized spacial score (nSPS) is 10.2. The van der Waals surface area contributed by atoms with Crippen LogP contribution >= 0.6 is 11.6 Å². The largest absolute Gasteiger partial charge is 0.294 e. The Balaban J connectivity index is 3.26. The van der Waals surface area contributed by atoms with Gasteiger partial charge in [0.25, 0.3) is 0 Å². The monoisotopic (exact) mass is 200 g/mol. The van der Waals surface area contributed by atoms with Crippen LogP contribution in [0.15, 0.2) is 12.1 Å². The molecule has 1 nitrogen and oxygen atoms in total. The van der Waals surface area contributed by atoms with Gasteiger partial charge in [-0.05, 0) is 24.6 Å². The van der Waals surface area contributed by atoms with Crippen LogP contribution in [0.4, 0.5) is 4.39 Å². The predicted molar refractivity (Wildman–Crippen MR) is 50.8 cm³/mol. The molecule has 1 aromatic rings. The van der Waals surface area contributed by atoms with Crippen molar-refractivity contribution in [3.63, 3.8) is 0 Å². The Hall–Kier alpha value is -0.890. The van der Waals surface area contributed by atoms with E-state index >= 15 is 0 Å². The van der Waals surface area contributed by atoms with Gasteiger partial charge in [0.2, 0.25) is 0 Å². The maximum absolute atomic E-state index is 13.2. The summed E-state index contributed by atoms with van der Waals surface area (Å²) < 4.78 is 13.2. The topological polar surface area (TPSA) is 17.1 Å². The fourth-order valence-electron chi connectivity index (χ4n) is 1.14. The third kappa shape index (κ3) is 1.89. The Labute approximate surface area is 81.5 Å². The van der Waals surface area contributed by atoms with Crippen LogP contribution in [0, 0.1) is 12.7 Å². The molecule has 0 fully saturated rings. The molecule has 0 bridgehead atoms. The molecular formula is C10H10ClFO. The highest BCUT2D eigenvalue weighted by Crippen LogP contribution is 2.21. The van der Waals surface area contributed by atoms with E-state index in [9.17, 15) is 9.18 Å². The fraction of sp³-hybridized carbons (Fsp3) is 0.300. The van der Waals surface area contributed by atoms with E-state index < -0.39 is 5.82 Å². The first-order chi connectivity index (χ1) is 6.07. The first-order valence-corrected chi connectivity index (χ1v) is 4.43. The summed E-state index contributed by atoms with van der Waals surface area (Å²) in [5, 5.41) is 0.0603. The molecule has 0 amide bonds. The lowest BCUT2D eigenvalue weighted by Crippen LogP contribution is -2.01. The van der Waals surface area contributed by atoms with Crippen molar-refractivity contribution in [1.29, 1.82) is 0 Å². The van der Waals surface area contributed by atoms with Gasteiger partial charge in [-0.25, -0.2) is 4.39 Å². The molecule has 13 heavy (non-hydrogen) atoms. The maximum atomic E-state index is 13.2. The van der Waals surface area contributed by atoms with Crippen LogP contribution in [0.25, 0.3) is 0 Å². The Morgan fingerprint density at radius 3 is 2.69 bits per heavy atom. The molecule has 1 rings (SSSR count). The average molecular weight is 201 g/mol. The van der Waals surface area contributed by atoms with Crippen LogP contribution in [0.1, 0.15) is 29.3 Å². The van der Waals surface area contributed by atoms with Crippen molar-refractivity contribution in [2.24, 2.45) is 0 Å². The minimum Gasteiger partial charge on any atom is -0.294 e. The highest BCUT2D eigenvalue weighted by molar-refractivity contribution is 6.31. The van der Waals surface area contributed by atoms with Gasteiger partial charge < -0.3 is 0 Å². The summed E-state index contributed by atoms with van der Waals surface area (Å²) in [4.78, 5) is 11.3. The SMILES string of the molecule is CCC(=O)c1ccc(Cl)c(F)c1C. The van der Waals surface area contributed by atoms with E-state index in [2.05, 4.69) is 0 Å². The number of hydrogen-bond acceptors (Lipinski definition) is 1. The molecule has 0 radical (unpaired) electrons. The zero-order valence-electron chi connectivity index (χ0n) is 7.53. The van der Waals surface area contributed by atoms with Gasteiger partial charge in [-0.1, -0.05) is 18.5 Å². The predicted octanol–water partition coefficient (Wildman–Crippen LogP) is 3.38. The first-order valence-electron chi connectivity index (χ1n) is 4.05. The molecule has 0 atom stereocenters. The second-order valence-electron chi connectivity index (χ2n) is 2.81. The van der Waals surface area contributed by atoms with Crippen LogP contribution in [-0.2, 0) is 0 Å². The minimum atomic E-state index is -0.499. The van der Waals surface area contributed by atoms with Crippen LogP contribution in [-0.4, -0.2) is 5.78 Å². The van der Waals surface area contributed by atoms with Gasteiger partial charge in [0.15, 0.2) is 5.78 Å². The van der Waals surface area contributed by atoms with Crippen LogP contribution in [0.5, 0.6) is 0 Å². The van der Waals surface area contributed by atoms with Gasteiger partial charge in [-0.3, -0.25) is 4.79 Å². The standard InChI is InChI=1S/C10H10ClFO/c1-3-9(13)7-4-5-8(11)10(12)6(7)2/h4-5H,3H2,1-2H3. The van der Waals surface area contributed by atoms with Crippen molar-refractivity contribution in [1.82, 2.24) is 0 Å². The summed E-state index contributed by atoms with van der Waals surface area (Å²) in [6.45, 7) is 3.30. The summed E-state index contributed by atoms with van der Waals surface area (Å²) in [6.07, 6.45) is 0.377. The highest BCUT2D eigenvalue weighted by atomic mass is 35.5. The van der Waals surface area contributed by atoms with Crippen molar-refractivity contribution in [3.8, 4) is 0 Å². The lowest BCUT2D eigenvalue weighted by atomic mass is 10.0. The van der Waals surface area contributed by atoms with Crippen LogP contribution < -0.4 is 0 Å². The molecule has 0 spiro atoms. The second kappa shape index (κ2) is 3.88. The third-order valence-corrected chi connectivity index (χ3v) is 2.25. The molecule has 0 aliphatic heterocycles. The van der Waals surface area contributed by atoms with Gasteiger partial charge >= 0.3 is 0 Å². The highest BCUT2D eigenvalue weighted by Gasteiger charge is 2.12. The molecule has 0 aliphatic carbocycles. The Morgan fingerprint density at radius 2 is 2.15 bits per heavy atom. The molecule has 0 aromatic heterocycles. The average Bonchev–Trinajstić information content (AvgIpc) is 2.13. The molecule has 0 saturated heterocycles. The zero-order chi connectivity index (χ0) is 10.0. The van der Waals surface area contributed by atoms with Crippen molar-refractivity contribution < 1.29 is 9.18 Å². The number of Topliss-reactive ketones (excluding diaryl/α,β-unsaturated/α-hetero) is 1. The van der Waals surface area contributed by atoms with Gasteiger partial charge in [-0.2, -0.15) is 0 Å². The molecule has 0 unspecified atom stereocenters. The fourth-order valence-corrected chi connectivity index (χ4v) is 1.35. The number of rotatable bonds is 2. The lowest BCUT2D eigenvalue weighted by molar-refractivity contribution is 0.0987. The lowest BCUT2D eigenvalue weighted by Gasteiger charge is -2.05. The number of benzene rings is 1. The van der Waals surface area contributed by atoms with Crippen molar-refractivity contribution in [3.05, 3.63) is 34.1 Å². The molecule has 0 heterocycles. The molecule has 0 saturated carbocycles. The van der Waals surface area contributed by atoms with E-state index in [0.29, 0.717) is 17.5 Å². The van der Waals surface area contributed by atoms with Crippen molar-refractivity contribution >= 4 is 17.4 Å². The maximum Gasteiger partial charge on any atom is 0.162 e. The smallest absolute Gasteiger partial charge is 0.162 e. The van der Waals surface area contributed by atoms with E-state index in [4.69, 9.17) is 11.6 Å². The second-order valence-corrected chi connectivity index (χ2v) is 3.22. The van der Waals surface area contributed by atoms with E-state index in [1.54, 1.807) is 19.9 Å². The number of carbonyl (C=O) groups is 1. The third-order valence-electron chi connectivity index (χ3n) is 1.96. The van der Waals surface area contributed by atoms with Crippen LogP contribution in [0.2, 0.25) is 5.02 Å². The molecular weight excluding hydrogens is 191 g/mol. The van der Waals surface area contributed by atoms with Crippen LogP contribution in [0.3, 0.4) is 0 Å².